The van der Waals surface area contributed by atoms with Crippen molar-refractivity contribution in [1.29, 1.82) is 0 Å². The first kappa shape index (κ1) is 14.4. The monoisotopic (exact) mass is 303 g/mol. The normalized spacial score (nSPS) is 19.3. The third kappa shape index (κ3) is 3.75. The van der Waals surface area contributed by atoms with Gasteiger partial charge in [-0.05, 0) is 31.5 Å². The quantitative estimate of drug-likeness (QED) is 0.862. The molecule has 1 aliphatic rings. The van der Waals surface area contributed by atoms with E-state index in [9.17, 15) is 4.79 Å². The first-order valence-corrected chi connectivity index (χ1v) is 6.82. The zero-order valence-electron chi connectivity index (χ0n) is 10.6. The predicted octanol–water partition coefficient (Wildman–Crippen LogP) is 2.97. The maximum Gasteiger partial charge on any atom is 0.262 e. The molecule has 0 saturated carbocycles. The molecule has 19 heavy (non-hydrogen) atoms. The van der Waals surface area contributed by atoms with Crippen LogP contribution in [0.2, 0.25) is 10.0 Å². The SMILES string of the molecule is CC1OCCCN1C(=O)COc1ccc(Cl)cc1Cl. The summed E-state index contributed by atoms with van der Waals surface area (Å²) in [6, 6.07) is 4.89. The molecule has 0 radical (unpaired) electrons. The van der Waals surface area contributed by atoms with Gasteiger partial charge in [0.1, 0.15) is 12.0 Å². The largest absolute Gasteiger partial charge is 0.482 e. The van der Waals surface area contributed by atoms with Crippen LogP contribution in [0.15, 0.2) is 18.2 Å². The minimum atomic E-state index is -0.203. The fourth-order valence-corrected chi connectivity index (χ4v) is 2.37. The van der Waals surface area contributed by atoms with Crippen molar-refractivity contribution < 1.29 is 14.3 Å². The Kier molecular flexibility index (Phi) is 4.91. The van der Waals surface area contributed by atoms with Crippen LogP contribution in [-0.2, 0) is 9.53 Å². The van der Waals surface area contributed by atoms with Crippen LogP contribution < -0.4 is 4.74 Å². The van der Waals surface area contributed by atoms with E-state index in [0.29, 0.717) is 28.9 Å². The fraction of sp³-hybridized carbons (Fsp3) is 0.462. The molecule has 1 amide bonds. The van der Waals surface area contributed by atoms with E-state index in [1.54, 1.807) is 23.1 Å². The molecule has 1 aromatic carbocycles. The van der Waals surface area contributed by atoms with Gasteiger partial charge in [0, 0.05) is 11.6 Å². The molecule has 1 aliphatic heterocycles. The van der Waals surface area contributed by atoms with Gasteiger partial charge in [0.2, 0.25) is 0 Å². The molecule has 1 saturated heterocycles. The van der Waals surface area contributed by atoms with Crippen LogP contribution in [0.1, 0.15) is 13.3 Å². The minimum Gasteiger partial charge on any atom is -0.482 e. The predicted molar refractivity (Wildman–Crippen MR) is 73.7 cm³/mol. The van der Waals surface area contributed by atoms with Gasteiger partial charge < -0.3 is 14.4 Å². The van der Waals surface area contributed by atoms with Gasteiger partial charge >= 0.3 is 0 Å². The highest BCUT2D eigenvalue weighted by atomic mass is 35.5. The van der Waals surface area contributed by atoms with E-state index in [1.165, 1.54) is 0 Å². The number of ether oxygens (including phenoxy) is 2. The first-order valence-electron chi connectivity index (χ1n) is 6.07. The molecule has 0 aliphatic carbocycles. The molecular formula is C13H15Cl2NO3. The van der Waals surface area contributed by atoms with Crippen molar-refractivity contribution in [2.24, 2.45) is 0 Å². The number of rotatable bonds is 3. The summed E-state index contributed by atoms with van der Waals surface area (Å²) in [5.74, 6) is 0.336. The molecule has 2 rings (SSSR count). The fourth-order valence-electron chi connectivity index (χ4n) is 1.90. The Morgan fingerprint density at radius 2 is 2.32 bits per heavy atom. The van der Waals surface area contributed by atoms with Crippen molar-refractivity contribution in [2.45, 2.75) is 19.6 Å². The molecule has 1 fully saturated rings. The van der Waals surface area contributed by atoms with Crippen molar-refractivity contribution in [1.82, 2.24) is 4.90 Å². The lowest BCUT2D eigenvalue weighted by Gasteiger charge is -2.33. The van der Waals surface area contributed by atoms with Gasteiger partial charge in [-0.15, -0.1) is 0 Å². The second kappa shape index (κ2) is 6.46. The van der Waals surface area contributed by atoms with Crippen molar-refractivity contribution in [2.75, 3.05) is 19.8 Å². The Labute approximate surface area is 122 Å². The number of amides is 1. The Morgan fingerprint density at radius 1 is 1.53 bits per heavy atom. The lowest BCUT2D eigenvalue weighted by molar-refractivity contribution is -0.154. The molecule has 6 heteroatoms. The lowest BCUT2D eigenvalue weighted by atomic mass is 10.3. The van der Waals surface area contributed by atoms with Crippen molar-refractivity contribution in [3.05, 3.63) is 28.2 Å². The Hall–Kier alpha value is -0.970. The van der Waals surface area contributed by atoms with Crippen LogP contribution in [-0.4, -0.2) is 36.8 Å². The summed E-state index contributed by atoms with van der Waals surface area (Å²) in [4.78, 5) is 13.7. The van der Waals surface area contributed by atoms with Gasteiger partial charge in [-0.25, -0.2) is 0 Å². The summed E-state index contributed by atoms with van der Waals surface area (Å²) in [5.41, 5.74) is 0. The van der Waals surface area contributed by atoms with Crippen LogP contribution in [0.25, 0.3) is 0 Å². The molecule has 104 valence electrons. The molecule has 0 N–H and O–H groups in total. The molecule has 1 heterocycles. The number of carbonyl (C=O) groups excluding carboxylic acids is 1. The van der Waals surface area contributed by atoms with Gasteiger partial charge in [0.25, 0.3) is 5.91 Å². The smallest absolute Gasteiger partial charge is 0.262 e. The topological polar surface area (TPSA) is 38.8 Å². The molecule has 0 bridgehead atoms. The third-order valence-electron chi connectivity index (χ3n) is 2.91. The van der Waals surface area contributed by atoms with Gasteiger partial charge in [-0.1, -0.05) is 23.2 Å². The Morgan fingerprint density at radius 3 is 3.00 bits per heavy atom. The van der Waals surface area contributed by atoms with Gasteiger partial charge in [-0.3, -0.25) is 4.79 Å². The highest BCUT2D eigenvalue weighted by molar-refractivity contribution is 6.35. The Balaban J connectivity index is 1.92. The zero-order chi connectivity index (χ0) is 13.8. The molecule has 0 aromatic heterocycles. The first-order chi connectivity index (χ1) is 9.08. The summed E-state index contributed by atoms with van der Waals surface area (Å²) >= 11 is 11.8. The highest BCUT2D eigenvalue weighted by Crippen LogP contribution is 2.27. The number of nitrogens with zero attached hydrogens (tertiary/aromatic N) is 1. The summed E-state index contributed by atoms with van der Waals surface area (Å²) in [5, 5.41) is 0.921. The zero-order valence-corrected chi connectivity index (χ0v) is 12.1. The molecule has 0 spiro atoms. The van der Waals surface area contributed by atoms with Gasteiger partial charge in [0.15, 0.2) is 6.61 Å². The summed E-state index contributed by atoms with van der Waals surface area (Å²) in [7, 11) is 0. The van der Waals surface area contributed by atoms with E-state index in [0.717, 1.165) is 6.42 Å². The minimum absolute atomic E-state index is 0.0605. The highest BCUT2D eigenvalue weighted by Gasteiger charge is 2.24. The average molecular weight is 304 g/mol. The van der Waals surface area contributed by atoms with Crippen molar-refractivity contribution >= 4 is 29.1 Å². The summed E-state index contributed by atoms with van der Waals surface area (Å²) in [6.45, 7) is 3.17. The van der Waals surface area contributed by atoms with E-state index in [4.69, 9.17) is 32.7 Å². The van der Waals surface area contributed by atoms with E-state index in [-0.39, 0.29) is 18.7 Å². The van der Waals surface area contributed by atoms with Crippen LogP contribution in [0.4, 0.5) is 0 Å². The van der Waals surface area contributed by atoms with Crippen LogP contribution in [0.5, 0.6) is 5.75 Å². The molecule has 1 aromatic rings. The number of benzene rings is 1. The van der Waals surface area contributed by atoms with Crippen molar-refractivity contribution in [3.8, 4) is 5.75 Å². The number of hydrogen-bond donors (Lipinski definition) is 0. The lowest BCUT2D eigenvalue weighted by Crippen LogP contribution is -2.46. The van der Waals surface area contributed by atoms with Crippen LogP contribution >= 0.6 is 23.2 Å². The van der Waals surface area contributed by atoms with E-state index < -0.39 is 0 Å². The standard InChI is InChI=1S/C13H15Cl2NO3/c1-9-16(5-2-6-18-9)13(17)8-19-12-4-3-10(14)7-11(12)15/h3-4,7,9H,2,5-6,8H2,1H3. The molecular weight excluding hydrogens is 289 g/mol. The number of hydrogen-bond acceptors (Lipinski definition) is 3. The van der Waals surface area contributed by atoms with E-state index in [2.05, 4.69) is 0 Å². The van der Waals surface area contributed by atoms with E-state index in [1.807, 2.05) is 6.92 Å². The maximum atomic E-state index is 12.0. The molecule has 1 unspecified atom stereocenters. The van der Waals surface area contributed by atoms with Gasteiger partial charge in [-0.2, -0.15) is 0 Å². The molecule has 4 nitrogen and oxygen atoms in total. The Bertz CT molecular complexity index is 467. The second-order valence-electron chi connectivity index (χ2n) is 4.27. The van der Waals surface area contributed by atoms with E-state index >= 15 is 0 Å². The number of carbonyl (C=O) groups is 1. The van der Waals surface area contributed by atoms with Crippen LogP contribution in [0.3, 0.4) is 0 Å². The average Bonchev–Trinajstić information content (AvgIpc) is 2.38. The summed E-state index contributed by atoms with van der Waals surface area (Å²) < 4.78 is 10.8. The second-order valence-corrected chi connectivity index (χ2v) is 5.12. The van der Waals surface area contributed by atoms with Crippen molar-refractivity contribution in [3.63, 3.8) is 0 Å². The third-order valence-corrected chi connectivity index (χ3v) is 3.44. The molecule has 1 atom stereocenters. The van der Waals surface area contributed by atoms with Crippen LogP contribution in [0, 0.1) is 0 Å². The number of halogens is 2. The van der Waals surface area contributed by atoms with Gasteiger partial charge in [0.05, 0.1) is 11.6 Å². The summed E-state index contributed by atoms with van der Waals surface area (Å²) in [6.07, 6.45) is 0.642. The maximum absolute atomic E-state index is 12.0.